The van der Waals surface area contributed by atoms with Crippen molar-refractivity contribution >= 4 is 33.0 Å². The summed E-state index contributed by atoms with van der Waals surface area (Å²) < 4.78 is 27.8. The zero-order valence-corrected chi connectivity index (χ0v) is 14.5. The molecule has 1 unspecified atom stereocenters. The molecule has 1 fully saturated rings. The van der Waals surface area contributed by atoms with Gasteiger partial charge in [-0.15, -0.1) is 11.3 Å². The molecule has 0 saturated carbocycles. The highest BCUT2D eigenvalue weighted by atomic mass is 35.5. The molecule has 1 aromatic carbocycles. The van der Waals surface area contributed by atoms with Crippen LogP contribution < -0.4 is 0 Å². The molecule has 0 N–H and O–H groups in total. The summed E-state index contributed by atoms with van der Waals surface area (Å²) in [5.74, 6) is 0. The van der Waals surface area contributed by atoms with E-state index < -0.39 is 10.0 Å². The Morgan fingerprint density at radius 1 is 1.09 bits per heavy atom. The fourth-order valence-electron chi connectivity index (χ4n) is 2.88. The van der Waals surface area contributed by atoms with Crippen LogP contribution in [-0.4, -0.2) is 19.3 Å². The number of hydrogen-bond acceptors (Lipinski definition) is 3. The van der Waals surface area contributed by atoms with Gasteiger partial charge in [-0.2, -0.15) is 4.31 Å². The predicted octanol–water partition coefficient (Wildman–Crippen LogP) is 4.71. The molecule has 118 valence electrons. The van der Waals surface area contributed by atoms with E-state index in [1.165, 1.54) is 0 Å². The monoisotopic (exact) mass is 355 g/mol. The largest absolute Gasteiger partial charge is 0.243 e. The molecular weight excluding hydrogens is 338 g/mol. The molecule has 1 atom stereocenters. The lowest BCUT2D eigenvalue weighted by Gasteiger charge is -2.28. The van der Waals surface area contributed by atoms with Gasteiger partial charge < -0.3 is 0 Å². The summed E-state index contributed by atoms with van der Waals surface area (Å²) in [5, 5.41) is 2.55. The maximum absolute atomic E-state index is 13.0. The van der Waals surface area contributed by atoms with Crippen molar-refractivity contribution in [2.24, 2.45) is 0 Å². The van der Waals surface area contributed by atoms with Crippen LogP contribution in [0, 0.1) is 0 Å². The van der Waals surface area contributed by atoms with Crippen LogP contribution in [-0.2, 0) is 10.0 Å². The third kappa shape index (κ3) is 3.23. The molecule has 0 radical (unpaired) electrons. The van der Waals surface area contributed by atoms with Crippen molar-refractivity contribution in [3.8, 4) is 0 Å². The Labute approximate surface area is 140 Å². The summed E-state index contributed by atoms with van der Waals surface area (Å²) in [6, 6.07) is 10.4. The second-order valence-electron chi connectivity index (χ2n) is 5.45. The Balaban J connectivity index is 1.99. The van der Waals surface area contributed by atoms with Gasteiger partial charge in [-0.3, -0.25) is 0 Å². The van der Waals surface area contributed by atoms with Gasteiger partial charge in [0, 0.05) is 16.4 Å². The van der Waals surface area contributed by atoms with E-state index in [0.29, 0.717) is 16.5 Å². The van der Waals surface area contributed by atoms with Crippen LogP contribution in [0.15, 0.2) is 46.7 Å². The lowest BCUT2D eigenvalue weighted by atomic mass is 10.1. The fourth-order valence-corrected chi connectivity index (χ4v) is 5.62. The molecule has 0 bridgehead atoms. The van der Waals surface area contributed by atoms with E-state index in [1.54, 1.807) is 39.9 Å². The van der Waals surface area contributed by atoms with Crippen LogP contribution in [0.2, 0.25) is 5.02 Å². The summed E-state index contributed by atoms with van der Waals surface area (Å²) >= 11 is 7.51. The molecule has 22 heavy (non-hydrogen) atoms. The van der Waals surface area contributed by atoms with E-state index in [9.17, 15) is 8.42 Å². The summed E-state index contributed by atoms with van der Waals surface area (Å²) in [6.45, 7) is 0.577. The molecule has 1 aliphatic rings. The SMILES string of the molecule is O=S(=O)(c1ccc(Cl)cc1)N1CCCCCC1c1cccs1. The predicted molar refractivity (Wildman–Crippen MR) is 90.9 cm³/mol. The Bertz CT molecular complexity index is 711. The molecule has 1 aromatic heterocycles. The fraction of sp³-hybridized carbons (Fsp3) is 0.375. The van der Waals surface area contributed by atoms with Gasteiger partial charge in [0.1, 0.15) is 0 Å². The van der Waals surface area contributed by atoms with Gasteiger partial charge in [0.05, 0.1) is 10.9 Å². The molecule has 1 saturated heterocycles. The van der Waals surface area contributed by atoms with Gasteiger partial charge in [-0.25, -0.2) is 8.42 Å². The maximum Gasteiger partial charge on any atom is 0.243 e. The number of nitrogens with zero attached hydrogens (tertiary/aromatic N) is 1. The molecule has 3 nitrogen and oxygen atoms in total. The van der Waals surface area contributed by atoms with Crippen LogP contribution in [0.5, 0.6) is 0 Å². The van der Waals surface area contributed by atoms with Crippen LogP contribution in [0.4, 0.5) is 0 Å². The summed E-state index contributed by atoms with van der Waals surface area (Å²) in [7, 11) is -3.50. The van der Waals surface area contributed by atoms with E-state index in [1.807, 2.05) is 17.5 Å². The minimum atomic E-state index is -3.50. The van der Waals surface area contributed by atoms with Crippen molar-refractivity contribution in [2.45, 2.75) is 36.6 Å². The number of thiophene rings is 1. The quantitative estimate of drug-likeness (QED) is 0.799. The Morgan fingerprint density at radius 3 is 2.55 bits per heavy atom. The first-order valence-corrected chi connectivity index (χ1v) is 10.1. The van der Waals surface area contributed by atoms with Crippen molar-refractivity contribution in [3.05, 3.63) is 51.7 Å². The first kappa shape index (κ1) is 16.0. The van der Waals surface area contributed by atoms with Crippen molar-refractivity contribution in [1.82, 2.24) is 4.31 Å². The number of sulfonamides is 1. The van der Waals surface area contributed by atoms with Crippen LogP contribution in [0.25, 0.3) is 0 Å². The molecule has 2 aromatic rings. The average molecular weight is 356 g/mol. The molecule has 3 rings (SSSR count). The molecule has 6 heteroatoms. The zero-order chi connectivity index (χ0) is 15.6. The second-order valence-corrected chi connectivity index (χ2v) is 8.76. The zero-order valence-electron chi connectivity index (χ0n) is 12.1. The Kier molecular flexibility index (Phi) is 4.88. The molecule has 0 spiro atoms. The highest BCUT2D eigenvalue weighted by molar-refractivity contribution is 7.89. The standard InChI is InChI=1S/C16H18ClNO2S2/c17-13-7-9-14(10-8-13)22(19,20)18-11-3-1-2-5-15(18)16-6-4-12-21-16/h4,6-10,12,15H,1-3,5,11H2. The number of halogens is 1. The third-order valence-corrected chi connectivity index (χ3v) is 7.14. The maximum atomic E-state index is 13.0. The Morgan fingerprint density at radius 2 is 1.86 bits per heavy atom. The normalized spacial score (nSPS) is 20.7. The minimum absolute atomic E-state index is 0.0526. The first-order chi connectivity index (χ1) is 10.6. The molecule has 0 amide bonds. The van der Waals surface area contributed by atoms with Gasteiger partial charge >= 0.3 is 0 Å². The van der Waals surface area contributed by atoms with E-state index in [-0.39, 0.29) is 6.04 Å². The van der Waals surface area contributed by atoms with Crippen molar-refractivity contribution in [3.63, 3.8) is 0 Å². The summed E-state index contributed by atoms with van der Waals surface area (Å²) in [6.07, 6.45) is 3.94. The van der Waals surface area contributed by atoms with Crippen molar-refractivity contribution in [2.75, 3.05) is 6.54 Å². The van der Waals surface area contributed by atoms with Crippen LogP contribution in [0.3, 0.4) is 0 Å². The van der Waals surface area contributed by atoms with Gasteiger partial charge in [-0.1, -0.05) is 30.5 Å². The van der Waals surface area contributed by atoms with Gasteiger partial charge in [0.15, 0.2) is 0 Å². The van der Waals surface area contributed by atoms with Crippen LogP contribution in [0.1, 0.15) is 36.6 Å². The minimum Gasteiger partial charge on any atom is -0.207 e. The Hall–Kier alpha value is -0.880. The van der Waals surface area contributed by atoms with Gasteiger partial charge in [-0.05, 0) is 48.6 Å². The smallest absolute Gasteiger partial charge is 0.207 e. The summed E-state index contributed by atoms with van der Waals surface area (Å²) in [4.78, 5) is 1.44. The van der Waals surface area contributed by atoms with Crippen molar-refractivity contribution in [1.29, 1.82) is 0 Å². The van der Waals surface area contributed by atoms with Crippen molar-refractivity contribution < 1.29 is 8.42 Å². The summed E-state index contributed by atoms with van der Waals surface area (Å²) in [5.41, 5.74) is 0. The average Bonchev–Trinajstić information content (AvgIpc) is 2.91. The molecule has 2 heterocycles. The highest BCUT2D eigenvalue weighted by Gasteiger charge is 2.33. The van der Waals surface area contributed by atoms with E-state index in [0.717, 1.165) is 30.6 Å². The molecule has 1 aliphatic heterocycles. The van der Waals surface area contributed by atoms with E-state index in [4.69, 9.17) is 11.6 Å². The first-order valence-electron chi connectivity index (χ1n) is 7.40. The van der Waals surface area contributed by atoms with E-state index in [2.05, 4.69) is 0 Å². The molecule has 0 aliphatic carbocycles. The highest BCUT2D eigenvalue weighted by Crippen LogP contribution is 2.36. The molecular formula is C16H18ClNO2S2. The number of benzene rings is 1. The number of rotatable bonds is 3. The second kappa shape index (κ2) is 6.71. The van der Waals surface area contributed by atoms with Crippen LogP contribution >= 0.6 is 22.9 Å². The number of hydrogen-bond donors (Lipinski definition) is 0. The van der Waals surface area contributed by atoms with Gasteiger partial charge in [0.2, 0.25) is 10.0 Å². The third-order valence-electron chi connectivity index (χ3n) is 4.00. The lowest BCUT2D eigenvalue weighted by molar-refractivity contribution is 0.333. The van der Waals surface area contributed by atoms with E-state index >= 15 is 0 Å². The van der Waals surface area contributed by atoms with Gasteiger partial charge in [0.25, 0.3) is 0 Å². The lowest BCUT2D eigenvalue weighted by Crippen LogP contribution is -2.34. The topological polar surface area (TPSA) is 37.4 Å².